The topological polar surface area (TPSA) is 41.1 Å². The molecule has 1 heterocycles. The van der Waals surface area contributed by atoms with E-state index in [0.29, 0.717) is 6.42 Å². The van der Waals surface area contributed by atoms with E-state index in [4.69, 9.17) is 0 Å². The van der Waals surface area contributed by atoms with Crippen molar-refractivity contribution < 1.29 is 4.79 Å². The highest BCUT2D eigenvalue weighted by molar-refractivity contribution is 5.76. The second-order valence-electron chi connectivity index (χ2n) is 5.65. The Morgan fingerprint density at radius 1 is 1.50 bits per heavy atom. The molecule has 3 heteroatoms. The van der Waals surface area contributed by atoms with Gasteiger partial charge in [-0.25, -0.2) is 0 Å². The van der Waals surface area contributed by atoms with Gasteiger partial charge in [0.2, 0.25) is 5.91 Å². The summed E-state index contributed by atoms with van der Waals surface area (Å²) in [6, 6.07) is 0. The molecule has 0 aromatic rings. The summed E-state index contributed by atoms with van der Waals surface area (Å²) in [4.78, 5) is 11.6. The molecular formula is C13H24N2O. The van der Waals surface area contributed by atoms with Crippen LogP contribution in [0.3, 0.4) is 0 Å². The lowest BCUT2D eigenvalue weighted by molar-refractivity contribution is -0.121. The highest BCUT2D eigenvalue weighted by Crippen LogP contribution is 2.20. The molecule has 1 aliphatic heterocycles. The zero-order valence-electron chi connectivity index (χ0n) is 10.7. The molecule has 1 rings (SSSR count). The lowest BCUT2D eigenvalue weighted by atomic mass is 9.90. The molecule has 0 aliphatic carbocycles. The van der Waals surface area contributed by atoms with Gasteiger partial charge in [0.25, 0.3) is 0 Å². The second-order valence-corrected chi connectivity index (χ2v) is 5.65. The van der Waals surface area contributed by atoms with Gasteiger partial charge in [-0.2, -0.15) is 0 Å². The number of hydrogen-bond acceptors (Lipinski definition) is 2. The van der Waals surface area contributed by atoms with E-state index >= 15 is 0 Å². The van der Waals surface area contributed by atoms with Gasteiger partial charge in [-0.05, 0) is 24.8 Å². The minimum absolute atomic E-state index is 0.175. The van der Waals surface area contributed by atoms with Crippen molar-refractivity contribution in [1.29, 1.82) is 0 Å². The zero-order chi connectivity index (χ0) is 12.0. The third-order valence-corrected chi connectivity index (χ3v) is 2.77. The molecule has 16 heavy (non-hydrogen) atoms. The van der Waals surface area contributed by atoms with Crippen LogP contribution in [0, 0.1) is 5.41 Å². The summed E-state index contributed by atoms with van der Waals surface area (Å²) in [7, 11) is 0. The molecule has 0 spiro atoms. The fourth-order valence-corrected chi connectivity index (χ4v) is 1.62. The number of amides is 1. The van der Waals surface area contributed by atoms with Gasteiger partial charge in [-0.15, -0.1) is 0 Å². The maximum Gasteiger partial charge on any atom is 0.220 e. The van der Waals surface area contributed by atoms with E-state index in [1.807, 2.05) is 0 Å². The van der Waals surface area contributed by atoms with Crippen LogP contribution in [-0.4, -0.2) is 25.5 Å². The van der Waals surface area contributed by atoms with Crippen LogP contribution in [-0.2, 0) is 4.79 Å². The maximum atomic E-state index is 11.6. The van der Waals surface area contributed by atoms with E-state index in [-0.39, 0.29) is 11.3 Å². The lowest BCUT2D eigenvalue weighted by Crippen LogP contribution is -2.30. The maximum absolute atomic E-state index is 11.6. The first kappa shape index (κ1) is 13.2. The van der Waals surface area contributed by atoms with E-state index in [2.05, 4.69) is 37.5 Å². The minimum Gasteiger partial charge on any atom is -0.352 e. The van der Waals surface area contributed by atoms with Crippen molar-refractivity contribution in [1.82, 2.24) is 10.6 Å². The molecule has 1 amide bonds. The lowest BCUT2D eigenvalue weighted by Gasteiger charge is -2.18. The molecule has 0 aromatic heterocycles. The van der Waals surface area contributed by atoms with Crippen LogP contribution in [0.25, 0.3) is 0 Å². The molecular weight excluding hydrogens is 200 g/mol. The normalized spacial score (nSPS) is 16.8. The highest BCUT2D eigenvalue weighted by Gasteiger charge is 2.13. The Morgan fingerprint density at radius 3 is 2.81 bits per heavy atom. The van der Waals surface area contributed by atoms with Crippen molar-refractivity contribution in [2.75, 3.05) is 19.6 Å². The Morgan fingerprint density at radius 2 is 2.25 bits per heavy atom. The SMILES string of the molecule is CC(C)(C)CCC(=O)NCC1=CCNCC1. The average Bonchev–Trinajstić information content (AvgIpc) is 2.24. The summed E-state index contributed by atoms with van der Waals surface area (Å²) >= 11 is 0. The van der Waals surface area contributed by atoms with Crippen LogP contribution in [0.2, 0.25) is 0 Å². The summed E-state index contributed by atoms with van der Waals surface area (Å²) in [6.45, 7) is 9.18. The molecule has 1 aliphatic rings. The average molecular weight is 224 g/mol. The Kier molecular flexibility index (Phi) is 5.00. The van der Waals surface area contributed by atoms with Crippen LogP contribution in [0.15, 0.2) is 11.6 Å². The molecule has 0 fully saturated rings. The number of carbonyl (C=O) groups is 1. The summed E-state index contributed by atoms with van der Waals surface area (Å²) in [5.74, 6) is 0.175. The zero-order valence-corrected chi connectivity index (χ0v) is 10.7. The Bertz CT molecular complexity index is 264. The predicted octanol–water partition coefficient (Wildman–Crippen LogP) is 1.85. The third kappa shape index (κ3) is 5.91. The molecule has 0 aromatic carbocycles. The molecule has 0 bridgehead atoms. The molecule has 0 atom stereocenters. The number of carbonyl (C=O) groups excluding carboxylic acids is 1. The van der Waals surface area contributed by atoms with Crippen LogP contribution in [0.5, 0.6) is 0 Å². The van der Waals surface area contributed by atoms with Crippen molar-refractivity contribution in [3.8, 4) is 0 Å². The molecule has 3 nitrogen and oxygen atoms in total. The fourth-order valence-electron chi connectivity index (χ4n) is 1.62. The van der Waals surface area contributed by atoms with Crippen molar-refractivity contribution in [2.45, 2.75) is 40.0 Å². The first-order valence-electron chi connectivity index (χ1n) is 6.13. The smallest absolute Gasteiger partial charge is 0.220 e. The van der Waals surface area contributed by atoms with Crippen molar-refractivity contribution >= 4 is 5.91 Å². The molecule has 2 N–H and O–H groups in total. The van der Waals surface area contributed by atoms with E-state index in [0.717, 1.165) is 32.5 Å². The van der Waals surface area contributed by atoms with E-state index in [1.54, 1.807) is 0 Å². The number of hydrogen-bond donors (Lipinski definition) is 2. The van der Waals surface area contributed by atoms with Gasteiger partial charge in [0.05, 0.1) is 0 Å². The van der Waals surface area contributed by atoms with Crippen molar-refractivity contribution in [2.24, 2.45) is 5.41 Å². The first-order valence-corrected chi connectivity index (χ1v) is 6.13. The van der Waals surface area contributed by atoms with Gasteiger partial charge in [-0.3, -0.25) is 4.79 Å². The van der Waals surface area contributed by atoms with Gasteiger partial charge in [0.15, 0.2) is 0 Å². The van der Waals surface area contributed by atoms with Crippen LogP contribution < -0.4 is 10.6 Å². The summed E-state index contributed by atoms with van der Waals surface area (Å²) in [6.07, 6.45) is 4.81. The molecule has 0 saturated carbocycles. The number of rotatable bonds is 4. The monoisotopic (exact) mass is 224 g/mol. The van der Waals surface area contributed by atoms with Gasteiger partial charge in [0, 0.05) is 19.5 Å². The van der Waals surface area contributed by atoms with Gasteiger partial charge < -0.3 is 10.6 Å². The van der Waals surface area contributed by atoms with E-state index < -0.39 is 0 Å². The fraction of sp³-hybridized carbons (Fsp3) is 0.769. The largest absolute Gasteiger partial charge is 0.352 e. The van der Waals surface area contributed by atoms with E-state index in [1.165, 1.54) is 5.57 Å². The van der Waals surface area contributed by atoms with Crippen LogP contribution in [0.4, 0.5) is 0 Å². The standard InChI is InChI=1S/C13H24N2O/c1-13(2,3)7-4-12(16)15-10-11-5-8-14-9-6-11/h5,14H,4,6-10H2,1-3H3,(H,15,16). The summed E-state index contributed by atoms with van der Waals surface area (Å²) < 4.78 is 0. The van der Waals surface area contributed by atoms with Crippen LogP contribution in [0.1, 0.15) is 40.0 Å². The molecule has 92 valence electrons. The van der Waals surface area contributed by atoms with Crippen molar-refractivity contribution in [3.63, 3.8) is 0 Å². The third-order valence-electron chi connectivity index (χ3n) is 2.77. The Balaban J connectivity index is 2.17. The summed E-state index contributed by atoms with van der Waals surface area (Å²) in [5, 5.41) is 6.25. The Hall–Kier alpha value is -0.830. The van der Waals surface area contributed by atoms with Crippen molar-refractivity contribution in [3.05, 3.63) is 11.6 Å². The van der Waals surface area contributed by atoms with Gasteiger partial charge >= 0.3 is 0 Å². The molecule has 0 radical (unpaired) electrons. The molecule has 0 saturated heterocycles. The molecule has 0 unspecified atom stereocenters. The van der Waals surface area contributed by atoms with E-state index in [9.17, 15) is 4.79 Å². The van der Waals surface area contributed by atoms with Gasteiger partial charge in [0.1, 0.15) is 0 Å². The van der Waals surface area contributed by atoms with Gasteiger partial charge in [-0.1, -0.05) is 32.4 Å². The summed E-state index contributed by atoms with van der Waals surface area (Å²) in [5.41, 5.74) is 1.59. The second kappa shape index (κ2) is 6.04. The first-order chi connectivity index (χ1) is 7.47. The predicted molar refractivity (Wildman–Crippen MR) is 67.3 cm³/mol. The highest BCUT2D eigenvalue weighted by atomic mass is 16.1. The van der Waals surface area contributed by atoms with Crippen LogP contribution >= 0.6 is 0 Å². The minimum atomic E-state index is 0.175. The Labute approximate surface area is 98.7 Å². The quantitative estimate of drug-likeness (QED) is 0.716. The number of nitrogens with one attached hydrogen (secondary N) is 2.